The zero-order valence-corrected chi connectivity index (χ0v) is 11.8. The van der Waals surface area contributed by atoms with Crippen LogP contribution < -0.4 is 15.8 Å². The van der Waals surface area contributed by atoms with Gasteiger partial charge in [-0.05, 0) is 24.3 Å². The Kier molecular flexibility index (Phi) is 5.14. The van der Waals surface area contributed by atoms with Gasteiger partial charge in [-0.3, -0.25) is 4.79 Å². The van der Waals surface area contributed by atoms with Crippen molar-refractivity contribution in [3.63, 3.8) is 0 Å². The fraction of sp³-hybridized carbons (Fsp3) is 0.357. The lowest BCUT2D eigenvalue weighted by atomic mass is 10.3. The van der Waals surface area contributed by atoms with Crippen molar-refractivity contribution >= 4 is 11.6 Å². The molecule has 7 heteroatoms. The third-order valence-corrected chi connectivity index (χ3v) is 2.72. The highest BCUT2D eigenvalue weighted by atomic mass is 16.5. The average molecular weight is 290 g/mol. The van der Waals surface area contributed by atoms with Crippen molar-refractivity contribution in [1.82, 2.24) is 15.5 Å². The van der Waals surface area contributed by atoms with Gasteiger partial charge in [0.25, 0.3) is 0 Å². The largest absolute Gasteiger partial charge is 0.493 e. The molecule has 3 N–H and O–H groups in total. The smallest absolute Gasteiger partial charge is 0.223 e. The molecular formula is C14H18N4O3. The first-order valence-electron chi connectivity index (χ1n) is 6.68. The highest BCUT2D eigenvalue weighted by molar-refractivity contribution is 5.75. The van der Waals surface area contributed by atoms with Crippen molar-refractivity contribution in [3.8, 4) is 5.75 Å². The SMILES string of the molecule is Cc1nc(CCNC(=O)CCOc2ccc(N)cc2)no1. The number of benzene rings is 1. The number of carbonyl (C=O) groups is 1. The van der Waals surface area contributed by atoms with Crippen LogP contribution in [0.1, 0.15) is 18.1 Å². The average Bonchev–Trinajstić information content (AvgIpc) is 2.87. The third-order valence-electron chi connectivity index (χ3n) is 2.72. The number of carbonyl (C=O) groups excluding carboxylic acids is 1. The number of nitrogens with one attached hydrogen (secondary N) is 1. The molecule has 0 bridgehead atoms. The van der Waals surface area contributed by atoms with Gasteiger partial charge in [0, 0.05) is 25.6 Å². The first-order valence-corrected chi connectivity index (χ1v) is 6.68. The van der Waals surface area contributed by atoms with Crippen LogP contribution in [0.3, 0.4) is 0 Å². The maximum absolute atomic E-state index is 11.6. The first-order chi connectivity index (χ1) is 10.1. The van der Waals surface area contributed by atoms with Crippen LogP contribution in [0.15, 0.2) is 28.8 Å². The predicted molar refractivity (Wildman–Crippen MR) is 76.7 cm³/mol. The van der Waals surface area contributed by atoms with Gasteiger partial charge in [-0.2, -0.15) is 4.98 Å². The minimum Gasteiger partial charge on any atom is -0.493 e. The second-order valence-corrected chi connectivity index (χ2v) is 4.50. The molecule has 7 nitrogen and oxygen atoms in total. The molecule has 21 heavy (non-hydrogen) atoms. The second-order valence-electron chi connectivity index (χ2n) is 4.50. The minimum atomic E-state index is -0.0781. The molecule has 1 amide bonds. The summed E-state index contributed by atoms with van der Waals surface area (Å²) in [5, 5.41) is 6.52. The Hall–Kier alpha value is -2.57. The molecule has 0 fully saturated rings. The van der Waals surface area contributed by atoms with Crippen LogP contribution in [-0.2, 0) is 11.2 Å². The summed E-state index contributed by atoms with van der Waals surface area (Å²) in [6, 6.07) is 7.04. The zero-order chi connectivity index (χ0) is 15.1. The molecule has 1 aromatic carbocycles. The second kappa shape index (κ2) is 7.28. The molecule has 0 saturated heterocycles. The van der Waals surface area contributed by atoms with Crippen molar-refractivity contribution in [2.45, 2.75) is 19.8 Å². The van der Waals surface area contributed by atoms with Crippen LogP contribution in [0.5, 0.6) is 5.75 Å². The number of anilines is 1. The van der Waals surface area contributed by atoms with Gasteiger partial charge in [0.2, 0.25) is 11.8 Å². The molecule has 0 atom stereocenters. The Balaban J connectivity index is 1.60. The van der Waals surface area contributed by atoms with Crippen molar-refractivity contribution in [3.05, 3.63) is 36.0 Å². The number of hydrogen-bond acceptors (Lipinski definition) is 6. The van der Waals surface area contributed by atoms with Crippen molar-refractivity contribution in [1.29, 1.82) is 0 Å². The molecule has 0 spiro atoms. The molecule has 112 valence electrons. The number of ether oxygens (including phenoxy) is 1. The van der Waals surface area contributed by atoms with Gasteiger partial charge in [-0.25, -0.2) is 0 Å². The Bertz CT molecular complexity index is 580. The van der Waals surface area contributed by atoms with E-state index in [2.05, 4.69) is 15.5 Å². The van der Waals surface area contributed by atoms with Crippen LogP contribution in [0.2, 0.25) is 0 Å². The Labute approximate surface area is 122 Å². The summed E-state index contributed by atoms with van der Waals surface area (Å²) < 4.78 is 10.3. The van der Waals surface area contributed by atoms with E-state index in [1.165, 1.54) is 0 Å². The highest BCUT2D eigenvalue weighted by Gasteiger charge is 2.05. The molecule has 0 saturated carbocycles. The van der Waals surface area contributed by atoms with Crippen molar-refractivity contribution in [2.24, 2.45) is 0 Å². The topological polar surface area (TPSA) is 103 Å². The monoisotopic (exact) mass is 290 g/mol. The van der Waals surface area contributed by atoms with Gasteiger partial charge < -0.3 is 20.3 Å². The number of rotatable bonds is 7. The molecular weight excluding hydrogens is 272 g/mol. The normalized spacial score (nSPS) is 10.3. The van der Waals surface area contributed by atoms with Crippen molar-refractivity contribution in [2.75, 3.05) is 18.9 Å². The van der Waals surface area contributed by atoms with E-state index in [0.717, 1.165) is 0 Å². The molecule has 0 radical (unpaired) electrons. The number of nitrogens with zero attached hydrogens (tertiary/aromatic N) is 2. The number of hydrogen-bond donors (Lipinski definition) is 2. The molecule has 2 rings (SSSR count). The summed E-state index contributed by atoms with van der Waals surface area (Å²) in [4.78, 5) is 15.7. The summed E-state index contributed by atoms with van der Waals surface area (Å²) in [5.41, 5.74) is 6.25. The van der Waals surface area contributed by atoms with Gasteiger partial charge in [0.15, 0.2) is 5.82 Å². The molecule has 0 aliphatic rings. The minimum absolute atomic E-state index is 0.0781. The van der Waals surface area contributed by atoms with Crippen molar-refractivity contribution < 1.29 is 14.1 Å². The van der Waals surface area contributed by atoms with Gasteiger partial charge in [-0.15, -0.1) is 0 Å². The van der Waals surface area contributed by atoms with E-state index in [-0.39, 0.29) is 12.3 Å². The van der Waals surface area contributed by atoms with Crippen LogP contribution in [0.4, 0.5) is 5.69 Å². The lowest BCUT2D eigenvalue weighted by molar-refractivity contribution is -0.121. The Morgan fingerprint density at radius 2 is 2.14 bits per heavy atom. The van der Waals surface area contributed by atoms with E-state index in [1.54, 1.807) is 31.2 Å². The number of aromatic nitrogens is 2. The highest BCUT2D eigenvalue weighted by Crippen LogP contribution is 2.12. The fourth-order valence-corrected chi connectivity index (χ4v) is 1.67. The van der Waals surface area contributed by atoms with E-state index in [4.69, 9.17) is 15.0 Å². The molecule has 1 aromatic heterocycles. The summed E-state index contributed by atoms with van der Waals surface area (Å²) in [6.07, 6.45) is 0.831. The lowest BCUT2D eigenvalue weighted by Crippen LogP contribution is -2.27. The van der Waals surface area contributed by atoms with Gasteiger partial charge in [0.1, 0.15) is 5.75 Å². The predicted octanol–water partition coefficient (Wildman–Crippen LogP) is 1.09. The molecule has 2 aromatic rings. The standard InChI is InChI=1S/C14H18N4O3/c1-10-17-13(18-21-10)6-8-16-14(19)7-9-20-12-4-2-11(15)3-5-12/h2-5H,6-9,15H2,1H3,(H,16,19). The molecule has 0 aliphatic carbocycles. The van der Waals surface area contributed by atoms with Crippen LogP contribution in [-0.4, -0.2) is 29.2 Å². The number of aryl methyl sites for hydroxylation is 1. The summed E-state index contributed by atoms with van der Waals surface area (Å²) in [5.74, 6) is 1.73. The lowest BCUT2D eigenvalue weighted by Gasteiger charge is -2.06. The van der Waals surface area contributed by atoms with E-state index in [0.29, 0.717) is 42.7 Å². The Morgan fingerprint density at radius 1 is 1.38 bits per heavy atom. The fourth-order valence-electron chi connectivity index (χ4n) is 1.67. The van der Waals surface area contributed by atoms with E-state index < -0.39 is 0 Å². The van der Waals surface area contributed by atoms with E-state index in [9.17, 15) is 4.79 Å². The maximum atomic E-state index is 11.6. The van der Waals surface area contributed by atoms with Crippen LogP contribution in [0.25, 0.3) is 0 Å². The summed E-state index contributed by atoms with van der Waals surface area (Å²) in [6.45, 7) is 2.51. The number of nitrogens with two attached hydrogens (primary N) is 1. The quantitative estimate of drug-likeness (QED) is 0.740. The van der Waals surface area contributed by atoms with Crippen LogP contribution in [0, 0.1) is 6.92 Å². The van der Waals surface area contributed by atoms with Gasteiger partial charge >= 0.3 is 0 Å². The number of amides is 1. The maximum Gasteiger partial charge on any atom is 0.223 e. The summed E-state index contributed by atoms with van der Waals surface area (Å²) >= 11 is 0. The van der Waals surface area contributed by atoms with Gasteiger partial charge in [0.05, 0.1) is 13.0 Å². The van der Waals surface area contributed by atoms with Crippen LogP contribution >= 0.6 is 0 Å². The summed E-state index contributed by atoms with van der Waals surface area (Å²) in [7, 11) is 0. The van der Waals surface area contributed by atoms with Gasteiger partial charge in [-0.1, -0.05) is 5.16 Å². The van der Waals surface area contributed by atoms with E-state index >= 15 is 0 Å². The molecule has 1 heterocycles. The zero-order valence-electron chi connectivity index (χ0n) is 11.8. The third kappa shape index (κ3) is 5.13. The number of nitrogen functional groups attached to an aromatic ring is 1. The first kappa shape index (κ1) is 14.8. The Morgan fingerprint density at radius 3 is 2.81 bits per heavy atom. The van der Waals surface area contributed by atoms with E-state index in [1.807, 2.05) is 0 Å². The molecule has 0 aliphatic heterocycles. The molecule has 0 unspecified atom stereocenters.